The summed E-state index contributed by atoms with van der Waals surface area (Å²) < 4.78 is 0. The third-order valence-corrected chi connectivity index (χ3v) is 3.46. The van der Waals surface area contributed by atoms with Crippen molar-refractivity contribution in [1.82, 2.24) is 4.90 Å². The number of phenolic OH excluding ortho intramolecular Hbond substituents is 1. The van der Waals surface area contributed by atoms with Crippen LogP contribution in [0.3, 0.4) is 0 Å². The number of halogens is 1. The molecule has 1 N–H and O–H groups in total. The molecule has 0 heterocycles. The summed E-state index contributed by atoms with van der Waals surface area (Å²) in [6, 6.07) is 3.25. The molecule has 0 aromatic heterocycles. The number of nitrogens with zero attached hydrogens (tertiary/aromatic N) is 1. The van der Waals surface area contributed by atoms with Crippen molar-refractivity contribution >= 4 is 17.4 Å². The first-order valence-electron chi connectivity index (χ1n) is 6.18. The fourth-order valence-electron chi connectivity index (χ4n) is 2.14. The van der Waals surface area contributed by atoms with Crippen molar-refractivity contribution in [2.45, 2.75) is 26.3 Å². The summed E-state index contributed by atoms with van der Waals surface area (Å²) in [6.07, 6.45) is 2.59. The minimum Gasteiger partial charge on any atom is -0.507 e. The Bertz CT molecular complexity index is 469. The molecule has 1 aliphatic rings. The van der Waals surface area contributed by atoms with Gasteiger partial charge in [0.05, 0.1) is 5.56 Å². The molecule has 2 rings (SSSR count). The highest BCUT2D eigenvalue weighted by Gasteiger charge is 2.23. The third-order valence-electron chi connectivity index (χ3n) is 3.24. The molecule has 0 radical (unpaired) electrons. The SMILES string of the molecule is CC(=O)c1cc(Cl)cc(CN(C)CC2CC2)c1O. The van der Waals surface area contributed by atoms with Crippen molar-refractivity contribution in [2.75, 3.05) is 13.6 Å². The monoisotopic (exact) mass is 267 g/mol. The number of hydrogen-bond donors (Lipinski definition) is 1. The molecule has 1 aromatic rings. The van der Waals surface area contributed by atoms with E-state index in [1.54, 1.807) is 6.07 Å². The van der Waals surface area contributed by atoms with Crippen LogP contribution in [0, 0.1) is 5.92 Å². The second kappa shape index (κ2) is 5.29. The maximum atomic E-state index is 11.4. The third kappa shape index (κ3) is 3.24. The van der Waals surface area contributed by atoms with Crippen LogP contribution in [0.4, 0.5) is 0 Å². The van der Waals surface area contributed by atoms with Crippen molar-refractivity contribution in [3.05, 3.63) is 28.3 Å². The molecule has 98 valence electrons. The number of ketones is 1. The van der Waals surface area contributed by atoms with Crippen LogP contribution in [0.5, 0.6) is 5.75 Å². The van der Waals surface area contributed by atoms with E-state index in [9.17, 15) is 9.90 Å². The van der Waals surface area contributed by atoms with E-state index in [0.717, 1.165) is 18.0 Å². The number of Topliss-reactive ketones (excluding diaryl/α,β-unsaturated/α-hetero) is 1. The standard InChI is InChI=1S/C14H18ClNO2/c1-9(17)13-6-12(15)5-11(14(13)18)8-16(2)7-10-3-4-10/h5-6,10,18H,3-4,7-8H2,1-2H3. The Hall–Kier alpha value is -1.06. The lowest BCUT2D eigenvalue weighted by atomic mass is 10.1. The summed E-state index contributed by atoms with van der Waals surface area (Å²) in [7, 11) is 2.02. The highest BCUT2D eigenvalue weighted by Crippen LogP contribution is 2.32. The fourth-order valence-corrected chi connectivity index (χ4v) is 2.38. The fraction of sp³-hybridized carbons (Fsp3) is 0.500. The average molecular weight is 268 g/mol. The smallest absolute Gasteiger partial charge is 0.163 e. The minimum absolute atomic E-state index is 0.0644. The van der Waals surface area contributed by atoms with Crippen molar-refractivity contribution in [3.8, 4) is 5.75 Å². The molecule has 0 amide bonds. The van der Waals surface area contributed by atoms with Gasteiger partial charge in [0, 0.05) is 23.7 Å². The lowest BCUT2D eigenvalue weighted by Gasteiger charge is -2.18. The Balaban J connectivity index is 2.17. The lowest BCUT2D eigenvalue weighted by Crippen LogP contribution is -2.20. The van der Waals surface area contributed by atoms with Crippen LogP contribution in [-0.4, -0.2) is 29.4 Å². The number of carbonyl (C=O) groups is 1. The van der Waals surface area contributed by atoms with Crippen LogP contribution < -0.4 is 0 Å². The number of rotatable bonds is 5. The highest BCUT2D eigenvalue weighted by atomic mass is 35.5. The Kier molecular flexibility index (Phi) is 3.93. The maximum absolute atomic E-state index is 11.4. The number of carbonyl (C=O) groups excluding carboxylic acids is 1. The first-order valence-corrected chi connectivity index (χ1v) is 6.56. The molecule has 0 atom stereocenters. The van der Waals surface area contributed by atoms with E-state index in [1.165, 1.54) is 25.8 Å². The second-order valence-electron chi connectivity index (χ2n) is 5.16. The first kappa shape index (κ1) is 13.4. The lowest BCUT2D eigenvalue weighted by molar-refractivity contribution is 0.101. The van der Waals surface area contributed by atoms with Gasteiger partial charge in [0.2, 0.25) is 0 Å². The van der Waals surface area contributed by atoms with E-state index in [2.05, 4.69) is 4.90 Å². The van der Waals surface area contributed by atoms with Gasteiger partial charge in [0.15, 0.2) is 5.78 Å². The molecule has 0 bridgehead atoms. The van der Waals surface area contributed by atoms with E-state index in [0.29, 0.717) is 17.1 Å². The molecule has 1 aliphatic carbocycles. The minimum atomic E-state index is -0.166. The van der Waals surface area contributed by atoms with Gasteiger partial charge in [-0.2, -0.15) is 0 Å². The molecule has 0 saturated heterocycles. The molecule has 1 saturated carbocycles. The molecule has 0 unspecified atom stereocenters. The zero-order valence-corrected chi connectivity index (χ0v) is 11.5. The zero-order chi connectivity index (χ0) is 13.3. The van der Waals surface area contributed by atoms with Gasteiger partial charge < -0.3 is 10.0 Å². The second-order valence-corrected chi connectivity index (χ2v) is 5.59. The zero-order valence-electron chi connectivity index (χ0n) is 10.7. The molecule has 4 heteroatoms. The molecular weight excluding hydrogens is 250 g/mol. The molecule has 0 aliphatic heterocycles. The van der Waals surface area contributed by atoms with Gasteiger partial charge >= 0.3 is 0 Å². The average Bonchev–Trinajstić information content (AvgIpc) is 3.06. The Morgan fingerprint density at radius 2 is 2.17 bits per heavy atom. The summed E-state index contributed by atoms with van der Waals surface area (Å²) in [4.78, 5) is 13.6. The van der Waals surface area contributed by atoms with E-state index >= 15 is 0 Å². The van der Waals surface area contributed by atoms with Gasteiger partial charge in [-0.15, -0.1) is 0 Å². The maximum Gasteiger partial charge on any atom is 0.163 e. The van der Waals surface area contributed by atoms with Gasteiger partial charge in [-0.1, -0.05) is 11.6 Å². The Morgan fingerprint density at radius 3 is 2.72 bits per heavy atom. The molecule has 1 aromatic carbocycles. The largest absolute Gasteiger partial charge is 0.507 e. The quantitative estimate of drug-likeness (QED) is 0.834. The van der Waals surface area contributed by atoms with Crippen LogP contribution in [0.2, 0.25) is 5.02 Å². The summed E-state index contributed by atoms with van der Waals surface area (Å²) in [5.41, 5.74) is 1.02. The van der Waals surface area contributed by atoms with Crippen LogP contribution in [0.15, 0.2) is 12.1 Å². The van der Waals surface area contributed by atoms with E-state index in [4.69, 9.17) is 11.6 Å². The van der Waals surface area contributed by atoms with Gasteiger partial charge in [0.1, 0.15) is 5.75 Å². The van der Waals surface area contributed by atoms with Crippen LogP contribution >= 0.6 is 11.6 Å². The predicted molar refractivity (Wildman–Crippen MR) is 72.2 cm³/mol. The summed E-state index contributed by atoms with van der Waals surface area (Å²) in [6.45, 7) is 3.08. The summed E-state index contributed by atoms with van der Waals surface area (Å²) in [5, 5.41) is 10.6. The van der Waals surface area contributed by atoms with E-state index in [-0.39, 0.29) is 11.5 Å². The van der Waals surface area contributed by atoms with E-state index < -0.39 is 0 Å². The normalized spacial score (nSPS) is 15.1. The number of aromatic hydroxyl groups is 1. The van der Waals surface area contributed by atoms with Crippen molar-refractivity contribution in [3.63, 3.8) is 0 Å². The molecule has 0 spiro atoms. The Labute approximate surface area is 112 Å². The van der Waals surface area contributed by atoms with Crippen LogP contribution in [-0.2, 0) is 6.54 Å². The number of phenols is 1. The summed E-state index contributed by atoms with van der Waals surface area (Å²) >= 11 is 5.99. The van der Waals surface area contributed by atoms with Gasteiger partial charge in [-0.3, -0.25) is 4.79 Å². The van der Waals surface area contributed by atoms with Crippen LogP contribution in [0.1, 0.15) is 35.7 Å². The molecule has 1 fully saturated rings. The Morgan fingerprint density at radius 1 is 1.50 bits per heavy atom. The van der Waals surface area contributed by atoms with Crippen LogP contribution in [0.25, 0.3) is 0 Å². The molecule has 3 nitrogen and oxygen atoms in total. The highest BCUT2D eigenvalue weighted by molar-refractivity contribution is 6.31. The van der Waals surface area contributed by atoms with Gasteiger partial charge in [-0.25, -0.2) is 0 Å². The van der Waals surface area contributed by atoms with E-state index in [1.807, 2.05) is 7.05 Å². The molecule has 18 heavy (non-hydrogen) atoms. The predicted octanol–water partition coefficient (Wildman–Crippen LogP) is 3.09. The van der Waals surface area contributed by atoms with Crippen molar-refractivity contribution < 1.29 is 9.90 Å². The van der Waals surface area contributed by atoms with Gasteiger partial charge in [-0.05, 0) is 44.9 Å². The number of hydrogen-bond acceptors (Lipinski definition) is 3. The molecular formula is C14H18ClNO2. The number of benzene rings is 1. The summed E-state index contributed by atoms with van der Waals surface area (Å²) in [5.74, 6) is 0.694. The van der Waals surface area contributed by atoms with Crippen molar-refractivity contribution in [1.29, 1.82) is 0 Å². The van der Waals surface area contributed by atoms with Gasteiger partial charge in [0.25, 0.3) is 0 Å². The first-order chi connectivity index (χ1) is 8.47. The topological polar surface area (TPSA) is 40.5 Å². The van der Waals surface area contributed by atoms with Crippen molar-refractivity contribution in [2.24, 2.45) is 5.92 Å².